The van der Waals surface area contributed by atoms with Gasteiger partial charge < -0.3 is 10.1 Å². The summed E-state index contributed by atoms with van der Waals surface area (Å²) in [5, 5.41) is 3.50. The van der Waals surface area contributed by atoms with Crippen molar-refractivity contribution in [3.8, 4) is 16.9 Å². The van der Waals surface area contributed by atoms with Crippen molar-refractivity contribution >= 4 is 17.5 Å². The van der Waals surface area contributed by atoms with Crippen molar-refractivity contribution in [2.75, 3.05) is 6.54 Å². The molecule has 0 heterocycles. The highest BCUT2D eigenvalue weighted by atomic mass is 35.5. The minimum Gasteiger partial charge on any atom is -0.488 e. The number of rotatable bonds is 9. The number of carbonyl (C=O) groups is 1. The number of aryl methyl sites for hydroxylation is 1. The lowest BCUT2D eigenvalue weighted by Gasteiger charge is -2.13. The fraction of sp³-hybridized carbons (Fsp3) is 0.167. The Hall–Kier alpha value is -3.56. The first-order valence-corrected chi connectivity index (χ1v) is 11.9. The summed E-state index contributed by atoms with van der Waals surface area (Å²) in [5.41, 5.74) is 6.31. The van der Waals surface area contributed by atoms with E-state index in [1.807, 2.05) is 18.2 Å². The van der Waals surface area contributed by atoms with Crippen molar-refractivity contribution in [2.45, 2.75) is 26.4 Å². The Balaban J connectivity index is 1.34. The summed E-state index contributed by atoms with van der Waals surface area (Å²) >= 11 is 6.17. The van der Waals surface area contributed by atoms with Crippen LogP contribution in [0.2, 0.25) is 5.02 Å². The van der Waals surface area contributed by atoms with Crippen LogP contribution in [0.15, 0.2) is 97.1 Å². The number of nitrogens with one attached hydrogen (secondary N) is 1. The SMILES string of the molecule is CCc1ccc(COc2ccc(Cl)cc2C(=O)NCCc2ccc(-c3ccccc3)cc2)cc1. The van der Waals surface area contributed by atoms with Gasteiger partial charge in [-0.25, -0.2) is 0 Å². The Labute approximate surface area is 206 Å². The van der Waals surface area contributed by atoms with E-state index in [0.717, 1.165) is 24.0 Å². The first kappa shape index (κ1) is 23.6. The first-order chi connectivity index (χ1) is 16.6. The third-order valence-electron chi connectivity index (χ3n) is 5.77. The van der Waals surface area contributed by atoms with Crippen LogP contribution in [0.5, 0.6) is 5.75 Å². The summed E-state index contributed by atoms with van der Waals surface area (Å²) in [6, 6.07) is 32.2. The van der Waals surface area contributed by atoms with Crippen LogP contribution in [0, 0.1) is 0 Å². The Bertz CT molecular complexity index is 1220. The molecular formula is C30H28ClNO2. The summed E-state index contributed by atoms with van der Waals surface area (Å²) < 4.78 is 5.97. The zero-order valence-electron chi connectivity index (χ0n) is 19.3. The van der Waals surface area contributed by atoms with E-state index in [-0.39, 0.29) is 5.91 Å². The average Bonchev–Trinajstić information content (AvgIpc) is 2.89. The molecule has 0 unspecified atom stereocenters. The molecule has 0 bridgehead atoms. The van der Waals surface area contributed by atoms with Gasteiger partial charge in [0.15, 0.2) is 0 Å². The summed E-state index contributed by atoms with van der Waals surface area (Å²) in [7, 11) is 0. The van der Waals surface area contributed by atoms with Crippen LogP contribution in [0.1, 0.15) is 34.0 Å². The molecule has 0 aliphatic carbocycles. The van der Waals surface area contributed by atoms with Crippen LogP contribution in [-0.2, 0) is 19.4 Å². The maximum Gasteiger partial charge on any atom is 0.255 e. The van der Waals surface area contributed by atoms with Gasteiger partial charge in [0, 0.05) is 11.6 Å². The Morgan fingerprint density at radius 3 is 2.15 bits per heavy atom. The van der Waals surface area contributed by atoms with Crippen LogP contribution < -0.4 is 10.1 Å². The number of hydrogen-bond donors (Lipinski definition) is 1. The van der Waals surface area contributed by atoms with E-state index in [2.05, 4.69) is 72.9 Å². The summed E-state index contributed by atoms with van der Waals surface area (Å²) in [4.78, 5) is 12.9. The third-order valence-corrected chi connectivity index (χ3v) is 6.01. The van der Waals surface area contributed by atoms with Gasteiger partial charge in [0.05, 0.1) is 5.56 Å². The van der Waals surface area contributed by atoms with Crippen LogP contribution >= 0.6 is 11.6 Å². The van der Waals surface area contributed by atoms with Crippen LogP contribution in [0.3, 0.4) is 0 Å². The van der Waals surface area contributed by atoms with Crippen molar-refractivity contribution in [1.29, 1.82) is 0 Å². The molecule has 0 radical (unpaired) electrons. The smallest absolute Gasteiger partial charge is 0.255 e. The minimum atomic E-state index is -0.195. The van der Waals surface area contributed by atoms with Crippen LogP contribution in [0.4, 0.5) is 0 Å². The van der Waals surface area contributed by atoms with Gasteiger partial charge in [-0.3, -0.25) is 4.79 Å². The predicted molar refractivity (Wildman–Crippen MR) is 140 cm³/mol. The third kappa shape index (κ3) is 6.27. The molecule has 0 atom stereocenters. The van der Waals surface area contributed by atoms with Gasteiger partial charge in [0.25, 0.3) is 5.91 Å². The predicted octanol–water partition coefficient (Wildman–Crippen LogP) is 7.12. The highest BCUT2D eigenvalue weighted by molar-refractivity contribution is 6.31. The molecule has 4 aromatic rings. The quantitative estimate of drug-likeness (QED) is 0.283. The summed E-state index contributed by atoms with van der Waals surface area (Å²) in [6.07, 6.45) is 1.74. The monoisotopic (exact) mass is 469 g/mol. The maximum atomic E-state index is 12.9. The molecule has 0 saturated heterocycles. The molecule has 0 aliphatic rings. The highest BCUT2D eigenvalue weighted by Crippen LogP contribution is 2.24. The number of hydrogen-bond acceptors (Lipinski definition) is 2. The van der Waals surface area contributed by atoms with Gasteiger partial charge in [-0.2, -0.15) is 0 Å². The van der Waals surface area contributed by atoms with E-state index in [1.165, 1.54) is 16.7 Å². The lowest BCUT2D eigenvalue weighted by atomic mass is 10.0. The Kier molecular flexibility index (Phi) is 8.00. The topological polar surface area (TPSA) is 38.3 Å². The highest BCUT2D eigenvalue weighted by Gasteiger charge is 2.13. The lowest BCUT2D eigenvalue weighted by molar-refractivity contribution is 0.0949. The van der Waals surface area contributed by atoms with Crippen LogP contribution in [0.25, 0.3) is 11.1 Å². The molecule has 0 aromatic heterocycles. The van der Waals surface area contributed by atoms with Crippen LogP contribution in [-0.4, -0.2) is 12.5 Å². The summed E-state index contributed by atoms with van der Waals surface area (Å²) in [5.74, 6) is 0.327. The number of amides is 1. The van der Waals surface area contributed by atoms with Gasteiger partial charge in [-0.05, 0) is 58.9 Å². The van der Waals surface area contributed by atoms with Crippen molar-refractivity contribution in [1.82, 2.24) is 5.32 Å². The fourth-order valence-electron chi connectivity index (χ4n) is 3.75. The second-order valence-electron chi connectivity index (χ2n) is 8.17. The van der Waals surface area contributed by atoms with E-state index < -0.39 is 0 Å². The molecular weight excluding hydrogens is 442 g/mol. The van der Waals surface area contributed by atoms with Crippen molar-refractivity contribution in [3.05, 3.63) is 124 Å². The van der Waals surface area contributed by atoms with E-state index in [1.54, 1.807) is 18.2 Å². The van der Waals surface area contributed by atoms with E-state index in [0.29, 0.717) is 29.5 Å². The molecule has 1 N–H and O–H groups in total. The van der Waals surface area contributed by atoms with Gasteiger partial charge in [-0.1, -0.05) is 97.4 Å². The molecule has 4 heteroatoms. The van der Waals surface area contributed by atoms with Gasteiger partial charge >= 0.3 is 0 Å². The second kappa shape index (κ2) is 11.5. The zero-order valence-corrected chi connectivity index (χ0v) is 20.0. The molecule has 0 aliphatic heterocycles. The molecule has 1 amide bonds. The largest absolute Gasteiger partial charge is 0.488 e. The lowest BCUT2D eigenvalue weighted by Crippen LogP contribution is -2.26. The normalized spacial score (nSPS) is 10.6. The first-order valence-electron chi connectivity index (χ1n) is 11.5. The molecule has 0 fully saturated rings. The van der Waals surface area contributed by atoms with Gasteiger partial charge in [-0.15, -0.1) is 0 Å². The van der Waals surface area contributed by atoms with Crippen molar-refractivity contribution < 1.29 is 9.53 Å². The second-order valence-corrected chi connectivity index (χ2v) is 8.60. The minimum absolute atomic E-state index is 0.195. The van der Waals surface area contributed by atoms with Gasteiger partial charge in [0.1, 0.15) is 12.4 Å². The zero-order chi connectivity index (χ0) is 23.8. The molecule has 0 saturated carbocycles. The Morgan fingerprint density at radius 1 is 0.794 bits per heavy atom. The molecule has 4 rings (SSSR count). The molecule has 4 aromatic carbocycles. The molecule has 3 nitrogen and oxygen atoms in total. The van der Waals surface area contributed by atoms with E-state index in [9.17, 15) is 4.79 Å². The average molecular weight is 470 g/mol. The number of carbonyl (C=O) groups excluding carboxylic acids is 1. The molecule has 34 heavy (non-hydrogen) atoms. The van der Waals surface area contributed by atoms with Crippen molar-refractivity contribution in [3.63, 3.8) is 0 Å². The number of benzene rings is 4. The molecule has 172 valence electrons. The fourth-order valence-corrected chi connectivity index (χ4v) is 3.92. The molecule has 0 spiro atoms. The van der Waals surface area contributed by atoms with Crippen molar-refractivity contribution in [2.24, 2.45) is 0 Å². The maximum absolute atomic E-state index is 12.9. The summed E-state index contributed by atoms with van der Waals surface area (Å²) in [6.45, 7) is 3.04. The van der Waals surface area contributed by atoms with E-state index >= 15 is 0 Å². The number of halogens is 1. The number of ether oxygens (including phenoxy) is 1. The Morgan fingerprint density at radius 2 is 1.44 bits per heavy atom. The van der Waals surface area contributed by atoms with Gasteiger partial charge in [0.2, 0.25) is 0 Å². The standard InChI is InChI=1S/C30H28ClNO2/c1-2-22-8-10-24(11-9-22)21-34-29-17-16-27(31)20-28(29)30(33)32-19-18-23-12-14-26(15-13-23)25-6-4-3-5-7-25/h3-17,20H,2,18-19,21H2,1H3,(H,32,33). The van der Waals surface area contributed by atoms with E-state index in [4.69, 9.17) is 16.3 Å².